The average Bonchev–Trinajstić information content (AvgIpc) is 2.66. The molecule has 29 heavy (non-hydrogen) atoms. The molecule has 16 nitrogen and oxygen atoms in total. The summed E-state index contributed by atoms with van der Waals surface area (Å²) in [6.07, 6.45) is 2.89. The van der Waals surface area contributed by atoms with Crippen molar-refractivity contribution in [2.24, 2.45) is 0 Å². The van der Waals surface area contributed by atoms with Crippen LogP contribution >= 0.6 is 0 Å². The summed E-state index contributed by atoms with van der Waals surface area (Å²) >= 11 is 0. The van der Waals surface area contributed by atoms with Crippen molar-refractivity contribution in [3.8, 4) is 0 Å². The van der Waals surface area contributed by atoms with E-state index >= 15 is 0 Å². The molecule has 0 aliphatic heterocycles. The molecule has 2 N–H and O–H groups in total. The molecule has 0 fully saturated rings. The smallest absolute Gasteiger partial charge is 0.392 e. The first-order valence-electron chi connectivity index (χ1n) is 7.48. The molecule has 0 saturated heterocycles. The van der Waals surface area contributed by atoms with Crippen LogP contribution in [0.4, 0.5) is 0 Å². The summed E-state index contributed by atoms with van der Waals surface area (Å²) in [6, 6.07) is 0. The van der Waals surface area contributed by atoms with Crippen molar-refractivity contribution in [1.29, 1.82) is 0 Å². The van der Waals surface area contributed by atoms with E-state index in [1.54, 1.807) is 0 Å². The first kappa shape index (κ1) is 30.6. The summed E-state index contributed by atoms with van der Waals surface area (Å²) in [6.45, 7) is 6.51. The molecular formula is C13H24N4O12. The van der Waals surface area contributed by atoms with Crippen LogP contribution in [0.25, 0.3) is 0 Å². The van der Waals surface area contributed by atoms with E-state index in [4.69, 9.17) is 14.9 Å². The Hall–Kier alpha value is -3.08. The Bertz CT molecular complexity index is 540. The lowest BCUT2D eigenvalue weighted by atomic mass is 10.2. The maximum absolute atomic E-state index is 10.4. The zero-order valence-corrected chi connectivity index (χ0v) is 15.9. The molecule has 0 aliphatic rings. The molecule has 0 aromatic carbocycles. The number of nitrogens with zero attached hydrogens (tertiary/aromatic N) is 4. The molecular weight excluding hydrogens is 404 g/mol. The normalized spacial score (nSPS) is 10.3. The lowest BCUT2D eigenvalue weighted by Gasteiger charge is -2.12. The monoisotopic (exact) mass is 428 g/mol. The highest BCUT2D eigenvalue weighted by molar-refractivity contribution is 4.63. The van der Waals surface area contributed by atoms with Gasteiger partial charge in [-0.05, 0) is 0 Å². The van der Waals surface area contributed by atoms with Gasteiger partial charge in [-0.25, -0.2) is 0 Å². The molecule has 0 aliphatic carbocycles. The molecule has 0 unspecified atom stereocenters. The number of hydrogen-bond acceptors (Lipinski definition) is 12. The average molecular weight is 428 g/mol. The van der Waals surface area contributed by atoms with Crippen LogP contribution in [0.2, 0.25) is 0 Å². The van der Waals surface area contributed by atoms with Crippen molar-refractivity contribution in [1.82, 2.24) is 0 Å². The first-order valence-corrected chi connectivity index (χ1v) is 7.48. The SMILES string of the molecule is C=CCO.C=CCOCOCC(C)([N+](=O)[O-])[N+](=O)[O-].CC(CO)([N+](=O)[O-])[N+](=O)[O-]. The number of ether oxygens (including phenoxy) is 2. The largest absolute Gasteiger partial charge is 0.478 e. The van der Waals surface area contributed by atoms with Gasteiger partial charge < -0.3 is 19.7 Å². The molecule has 0 atom stereocenters. The lowest BCUT2D eigenvalue weighted by Crippen LogP contribution is -2.47. The predicted octanol–water partition coefficient (Wildman–Crippen LogP) is -0.154. The number of nitro groups is 4. The van der Waals surface area contributed by atoms with Crippen LogP contribution in [0.3, 0.4) is 0 Å². The van der Waals surface area contributed by atoms with Crippen molar-refractivity contribution >= 4 is 0 Å². The summed E-state index contributed by atoms with van der Waals surface area (Å²) in [5.41, 5.74) is -4.79. The van der Waals surface area contributed by atoms with Crippen molar-refractivity contribution in [3.63, 3.8) is 0 Å². The molecule has 0 spiro atoms. The van der Waals surface area contributed by atoms with E-state index in [9.17, 15) is 40.5 Å². The van der Waals surface area contributed by atoms with Crippen molar-refractivity contribution in [3.05, 3.63) is 65.8 Å². The second kappa shape index (κ2) is 15.9. The van der Waals surface area contributed by atoms with E-state index in [0.29, 0.717) is 0 Å². The van der Waals surface area contributed by atoms with Crippen LogP contribution in [0, 0.1) is 40.5 Å². The second-order valence-electron chi connectivity index (χ2n) is 5.22. The van der Waals surface area contributed by atoms with Gasteiger partial charge in [-0.15, -0.1) is 13.2 Å². The molecule has 0 bridgehead atoms. The Balaban J connectivity index is -0.000000414. The summed E-state index contributed by atoms with van der Waals surface area (Å²) in [4.78, 5) is 36.4. The summed E-state index contributed by atoms with van der Waals surface area (Å²) < 4.78 is 9.42. The topological polar surface area (TPSA) is 231 Å². The van der Waals surface area contributed by atoms with Crippen LogP contribution in [0.5, 0.6) is 0 Å². The van der Waals surface area contributed by atoms with Gasteiger partial charge in [0.1, 0.15) is 26.5 Å². The highest BCUT2D eigenvalue weighted by Crippen LogP contribution is 2.10. The Morgan fingerprint density at radius 3 is 1.41 bits per heavy atom. The number of aliphatic hydroxyl groups is 2. The third kappa shape index (κ3) is 12.1. The first-order chi connectivity index (χ1) is 13.3. The van der Waals surface area contributed by atoms with Crippen LogP contribution in [-0.4, -0.2) is 74.5 Å². The van der Waals surface area contributed by atoms with Gasteiger partial charge >= 0.3 is 11.3 Å². The maximum Gasteiger partial charge on any atom is 0.478 e. The van der Waals surface area contributed by atoms with E-state index in [2.05, 4.69) is 17.9 Å². The Morgan fingerprint density at radius 2 is 1.21 bits per heavy atom. The third-order valence-corrected chi connectivity index (χ3v) is 2.78. The summed E-state index contributed by atoms with van der Waals surface area (Å²) in [5.74, 6) is 0. The van der Waals surface area contributed by atoms with Gasteiger partial charge in [0.05, 0.1) is 27.1 Å². The predicted molar refractivity (Wildman–Crippen MR) is 96.1 cm³/mol. The van der Waals surface area contributed by atoms with Crippen LogP contribution in [-0.2, 0) is 9.47 Å². The summed E-state index contributed by atoms with van der Waals surface area (Å²) in [5, 5.41) is 56.6. The maximum atomic E-state index is 10.4. The van der Waals surface area contributed by atoms with Crippen LogP contribution in [0.15, 0.2) is 25.3 Å². The number of hydrogen-bond donors (Lipinski definition) is 2. The Kier molecular flexibility index (Phi) is 16.8. The minimum absolute atomic E-state index is 0.0833. The third-order valence-electron chi connectivity index (χ3n) is 2.78. The summed E-state index contributed by atoms with van der Waals surface area (Å²) in [7, 11) is 0. The van der Waals surface area contributed by atoms with Gasteiger partial charge in [0.2, 0.25) is 0 Å². The van der Waals surface area contributed by atoms with Gasteiger partial charge in [-0.3, -0.25) is 40.5 Å². The minimum atomic E-state index is -2.46. The molecule has 0 rings (SSSR count). The molecule has 0 heterocycles. The van der Waals surface area contributed by atoms with Gasteiger partial charge in [0.15, 0.2) is 13.2 Å². The van der Waals surface area contributed by atoms with Crippen molar-refractivity contribution in [2.75, 3.05) is 33.2 Å². The number of rotatable bonds is 12. The Morgan fingerprint density at radius 1 is 0.828 bits per heavy atom. The van der Waals surface area contributed by atoms with Gasteiger partial charge in [-0.2, -0.15) is 0 Å². The molecule has 0 saturated carbocycles. The highest BCUT2D eigenvalue weighted by atomic mass is 16.7. The highest BCUT2D eigenvalue weighted by Gasteiger charge is 2.51. The van der Waals surface area contributed by atoms with Gasteiger partial charge in [0, 0.05) is 0 Å². The quantitative estimate of drug-likeness (QED) is 0.136. The molecule has 16 heteroatoms. The minimum Gasteiger partial charge on any atom is -0.392 e. The molecule has 0 aromatic heterocycles. The fourth-order valence-corrected chi connectivity index (χ4v) is 0.780. The molecule has 0 aromatic rings. The zero-order chi connectivity index (χ0) is 23.7. The molecule has 0 radical (unpaired) electrons. The van der Waals surface area contributed by atoms with Crippen molar-refractivity contribution in [2.45, 2.75) is 25.2 Å². The standard InChI is InChI=1S/C7H12N2O6.C3H6N2O5.C3H6O/c1-3-4-14-6-15-5-7(2,8(10)11)9(12)13;1-3(2-6,4(7)8)5(9)10;1-2-3-4/h3H,1,4-6H2,2H3;6H,2H2,1H3;2,4H,1,3H2. The number of aliphatic hydroxyl groups excluding tert-OH is 2. The van der Waals surface area contributed by atoms with E-state index in [1.165, 1.54) is 12.2 Å². The van der Waals surface area contributed by atoms with Crippen LogP contribution in [0.1, 0.15) is 13.8 Å². The van der Waals surface area contributed by atoms with E-state index < -0.39 is 44.2 Å². The lowest BCUT2D eigenvalue weighted by molar-refractivity contribution is -0.794. The molecule has 168 valence electrons. The zero-order valence-electron chi connectivity index (χ0n) is 15.9. The van der Waals surface area contributed by atoms with Crippen molar-refractivity contribution < 1.29 is 39.4 Å². The molecule has 0 amide bonds. The second-order valence-corrected chi connectivity index (χ2v) is 5.22. The van der Waals surface area contributed by atoms with Gasteiger partial charge in [0.25, 0.3) is 0 Å². The van der Waals surface area contributed by atoms with E-state index in [0.717, 1.165) is 13.8 Å². The van der Waals surface area contributed by atoms with E-state index in [-0.39, 0.29) is 20.0 Å². The van der Waals surface area contributed by atoms with E-state index in [1.807, 2.05) is 0 Å². The van der Waals surface area contributed by atoms with Crippen LogP contribution < -0.4 is 0 Å². The fourth-order valence-electron chi connectivity index (χ4n) is 0.780. The Labute approximate surface area is 164 Å². The van der Waals surface area contributed by atoms with Gasteiger partial charge in [-0.1, -0.05) is 12.2 Å². The fraction of sp³-hybridized carbons (Fsp3) is 0.692.